The molecule has 0 N–H and O–H groups in total. The number of hydrogen-bond donors (Lipinski definition) is 0. The summed E-state index contributed by atoms with van der Waals surface area (Å²) in [5.41, 5.74) is 0.752. The molecular weight excluding hydrogens is 441 g/mol. The van der Waals surface area contributed by atoms with Crippen molar-refractivity contribution >= 4 is 34.8 Å². The standard InChI is InChI=1S/C24H18ClF3N2O2/c1-15-22(31)29(14-16-9-11-19(25)12-10-16)20-7-2-3-8-21(20)30(15)23(32)17-5-4-6-18(13-17)24(26,27)28/h2-13,15H,14H2,1H3/t15-/m1/s1. The predicted molar refractivity (Wildman–Crippen MR) is 117 cm³/mol. The Morgan fingerprint density at radius 3 is 2.28 bits per heavy atom. The van der Waals surface area contributed by atoms with Gasteiger partial charge in [-0.3, -0.25) is 14.5 Å². The summed E-state index contributed by atoms with van der Waals surface area (Å²) in [6, 6.07) is 17.2. The van der Waals surface area contributed by atoms with E-state index in [0.29, 0.717) is 16.4 Å². The topological polar surface area (TPSA) is 40.6 Å². The van der Waals surface area contributed by atoms with Gasteiger partial charge in [-0.1, -0.05) is 41.9 Å². The van der Waals surface area contributed by atoms with Gasteiger partial charge >= 0.3 is 6.18 Å². The van der Waals surface area contributed by atoms with Gasteiger partial charge in [0.1, 0.15) is 6.04 Å². The van der Waals surface area contributed by atoms with Crippen LogP contribution in [-0.4, -0.2) is 17.9 Å². The van der Waals surface area contributed by atoms with E-state index < -0.39 is 23.7 Å². The number of fused-ring (bicyclic) bond motifs is 1. The van der Waals surface area contributed by atoms with E-state index in [9.17, 15) is 22.8 Å². The number of rotatable bonds is 3. The third-order valence-corrected chi connectivity index (χ3v) is 5.60. The largest absolute Gasteiger partial charge is 0.416 e. The molecule has 0 bridgehead atoms. The molecule has 1 heterocycles. The Morgan fingerprint density at radius 2 is 1.62 bits per heavy atom. The number of nitrogens with zero attached hydrogens (tertiary/aromatic N) is 2. The Kier molecular flexibility index (Phi) is 5.69. The highest BCUT2D eigenvalue weighted by Crippen LogP contribution is 2.38. The maximum Gasteiger partial charge on any atom is 0.416 e. The van der Waals surface area contributed by atoms with E-state index in [4.69, 9.17) is 11.6 Å². The minimum Gasteiger partial charge on any atom is -0.304 e. The number of carbonyl (C=O) groups excluding carboxylic acids is 2. The third-order valence-electron chi connectivity index (χ3n) is 5.35. The van der Waals surface area contributed by atoms with Gasteiger partial charge in [0, 0.05) is 10.6 Å². The molecule has 3 aromatic carbocycles. The first-order chi connectivity index (χ1) is 15.2. The summed E-state index contributed by atoms with van der Waals surface area (Å²) < 4.78 is 39.4. The molecule has 0 fully saturated rings. The first-order valence-corrected chi connectivity index (χ1v) is 10.2. The van der Waals surface area contributed by atoms with Gasteiger partial charge in [-0.15, -0.1) is 0 Å². The summed E-state index contributed by atoms with van der Waals surface area (Å²) in [5, 5.41) is 0.574. The quantitative estimate of drug-likeness (QED) is 0.487. The lowest BCUT2D eigenvalue weighted by Gasteiger charge is -2.40. The monoisotopic (exact) mass is 458 g/mol. The van der Waals surface area contributed by atoms with E-state index in [1.807, 2.05) is 12.1 Å². The predicted octanol–water partition coefficient (Wildman–Crippen LogP) is 5.94. The van der Waals surface area contributed by atoms with Crippen LogP contribution in [0.15, 0.2) is 72.8 Å². The molecule has 164 valence electrons. The normalized spacial score (nSPS) is 16.2. The number of benzene rings is 3. The van der Waals surface area contributed by atoms with Crippen LogP contribution in [-0.2, 0) is 17.5 Å². The Balaban J connectivity index is 1.73. The van der Waals surface area contributed by atoms with Crippen LogP contribution in [0, 0.1) is 0 Å². The lowest BCUT2D eigenvalue weighted by atomic mass is 10.0. The van der Waals surface area contributed by atoms with Crippen molar-refractivity contribution in [2.24, 2.45) is 0 Å². The zero-order valence-corrected chi connectivity index (χ0v) is 17.7. The van der Waals surface area contributed by atoms with Crippen molar-refractivity contribution in [1.82, 2.24) is 0 Å². The lowest BCUT2D eigenvalue weighted by molar-refractivity contribution is -0.137. The first kappa shape index (κ1) is 21.9. The summed E-state index contributed by atoms with van der Waals surface area (Å²) in [6.07, 6.45) is -4.58. The molecule has 1 atom stereocenters. The van der Waals surface area contributed by atoms with Crippen LogP contribution < -0.4 is 9.80 Å². The third kappa shape index (κ3) is 4.08. The van der Waals surface area contributed by atoms with E-state index in [1.54, 1.807) is 48.2 Å². The number of amides is 2. The molecule has 1 aliphatic rings. The van der Waals surface area contributed by atoms with Crippen LogP contribution in [0.25, 0.3) is 0 Å². The van der Waals surface area contributed by atoms with Crippen LogP contribution >= 0.6 is 11.6 Å². The number of para-hydroxylation sites is 2. The maximum absolute atomic E-state index is 13.3. The van der Waals surface area contributed by atoms with Crippen molar-refractivity contribution in [2.75, 3.05) is 9.80 Å². The van der Waals surface area contributed by atoms with Crippen molar-refractivity contribution in [3.8, 4) is 0 Å². The molecule has 32 heavy (non-hydrogen) atoms. The summed E-state index contributed by atoms with van der Waals surface area (Å²) in [7, 11) is 0. The first-order valence-electron chi connectivity index (χ1n) is 9.82. The fourth-order valence-electron chi connectivity index (χ4n) is 3.75. The van der Waals surface area contributed by atoms with E-state index in [-0.39, 0.29) is 18.0 Å². The van der Waals surface area contributed by atoms with Gasteiger partial charge in [0.2, 0.25) is 5.91 Å². The minimum atomic E-state index is -4.58. The molecular formula is C24H18ClF3N2O2. The van der Waals surface area contributed by atoms with Crippen LogP contribution in [0.5, 0.6) is 0 Å². The highest BCUT2D eigenvalue weighted by Gasteiger charge is 2.39. The van der Waals surface area contributed by atoms with Gasteiger partial charge in [0.05, 0.1) is 23.5 Å². The number of alkyl halides is 3. The molecule has 3 aromatic rings. The Hall–Kier alpha value is -3.32. The molecule has 0 saturated heterocycles. The fourth-order valence-corrected chi connectivity index (χ4v) is 3.87. The second kappa shape index (κ2) is 8.31. The Labute approximate surface area is 187 Å². The van der Waals surface area contributed by atoms with E-state index in [2.05, 4.69) is 0 Å². The van der Waals surface area contributed by atoms with Gasteiger partial charge in [0.15, 0.2) is 0 Å². The van der Waals surface area contributed by atoms with Crippen molar-refractivity contribution in [2.45, 2.75) is 25.7 Å². The average Bonchev–Trinajstić information content (AvgIpc) is 2.77. The smallest absolute Gasteiger partial charge is 0.304 e. The van der Waals surface area contributed by atoms with Crippen molar-refractivity contribution in [1.29, 1.82) is 0 Å². The highest BCUT2D eigenvalue weighted by atomic mass is 35.5. The van der Waals surface area contributed by atoms with Gasteiger partial charge in [0.25, 0.3) is 5.91 Å². The molecule has 0 saturated carbocycles. The van der Waals surface area contributed by atoms with Crippen LogP contribution in [0.1, 0.15) is 28.4 Å². The average molecular weight is 459 g/mol. The molecule has 0 aromatic heterocycles. The zero-order valence-electron chi connectivity index (χ0n) is 16.9. The van der Waals surface area contributed by atoms with Gasteiger partial charge in [-0.25, -0.2) is 0 Å². The minimum absolute atomic E-state index is 0.138. The molecule has 2 amide bonds. The van der Waals surface area contributed by atoms with E-state index in [1.165, 1.54) is 17.0 Å². The van der Waals surface area contributed by atoms with Crippen LogP contribution in [0.3, 0.4) is 0 Å². The molecule has 8 heteroatoms. The van der Waals surface area contributed by atoms with Crippen molar-refractivity contribution in [3.05, 3.63) is 94.5 Å². The van der Waals surface area contributed by atoms with Gasteiger partial charge in [-0.2, -0.15) is 13.2 Å². The number of hydrogen-bond acceptors (Lipinski definition) is 2. The molecule has 0 aliphatic carbocycles. The van der Waals surface area contributed by atoms with Gasteiger partial charge in [-0.05, 0) is 55.0 Å². The molecule has 4 nitrogen and oxygen atoms in total. The fraction of sp³-hybridized carbons (Fsp3) is 0.167. The summed E-state index contributed by atoms with van der Waals surface area (Å²) in [6.45, 7) is 1.83. The van der Waals surface area contributed by atoms with Gasteiger partial charge < -0.3 is 4.90 Å². The lowest BCUT2D eigenvalue weighted by Crippen LogP contribution is -2.54. The van der Waals surface area contributed by atoms with Crippen LogP contribution in [0.2, 0.25) is 5.02 Å². The second-order valence-electron chi connectivity index (χ2n) is 7.47. The Bertz CT molecular complexity index is 1180. The van der Waals surface area contributed by atoms with E-state index >= 15 is 0 Å². The van der Waals surface area contributed by atoms with Crippen LogP contribution in [0.4, 0.5) is 24.5 Å². The number of anilines is 2. The molecule has 1 aliphatic heterocycles. The Morgan fingerprint density at radius 1 is 0.969 bits per heavy atom. The second-order valence-corrected chi connectivity index (χ2v) is 7.91. The highest BCUT2D eigenvalue weighted by molar-refractivity contribution is 6.30. The van der Waals surface area contributed by atoms with Crippen molar-refractivity contribution in [3.63, 3.8) is 0 Å². The molecule has 0 radical (unpaired) electrons. The number of halogens is 4. The van der Waals surface area contributed by atoms with Crippen molar-refractivity contribution < 1.29 is 22.8 Å². The molecule has 0 unspecified atom stereocenters. The molecule has 4 rings (SSSR count). The summed E-state index contributed by atoms with van der Waals surface area (Å²) >= 11 is 5.94. The van der Waals surface area contributed by atoms with E-state index in [0.717, 1.165) is 17.7 Å². The molecule has 0 spiro atoms. The maximum atomic E-state index is 13.3. The summed E-state index contributed by atoms with van der Waals surface area (Å²) in [4.78, 5) is 29.4. The summed E-state index contributed by atoms with van der Waals surface area (Å²) in [5.74, 6) is -1.01. The zero-order chi connectivity index (χ0) is 23.0. The SMILES string of the molecule is C[C@@H]1C(=O)N(Cc2ccc(Cl)cc2)c2ccccc2N1C(=O)c1cccc(C(F)(F)F)c1. The number of carbonyl (C=O) groups is 2.